The molecule has 2 N–H and O–H groups in total. The SMILES string of the molecule is OC(CCl)C(O)c1c(F)ccc(Br)c1F. The molecule has 1 rings (SSSR count). The second kappa shape index (κ2) is 5.21. The van der Waals surface area contributed by atoms with Gasteiger partial charge in [-0.1, -0.05) is 0 Å². The molecule has 0 aliphatic rings. The van der Waals surface area contributed by atoms with Crippen LogP contribution in [-0.4, -0.2) is 22.2 Å². The fourth-order valence-corrected chi connectivity index (χ4v) is 1.61. The average molecular weight is 302 g/mol. The van der Waals surface area contributed by atoms with Crippen LogP contribution in [-0.2, 0) is 0 Å². The molecule has 0 saturated carbocycles. The molecule has 0 aliphatic carbocycles. The highest BCUT2D eigenvalue weighted by molar-refractivity contribution is 9.10. The zero-order valence-electron chi connectivity index (χ0n) is 7.42. The van der Waals surface area contributed by atoms with Crippen LogP contribution in [0, 0.1) is 11.6 Å². The number of aliphatic hydroxyl groups is 2. The van der Waals surface area contributed by atoms with Crippen molar-refractivity contribution in [3.05, 3.63) is 33.8 Å². The van der Waals surface area contributed by atoms with Crippen LogP contribution in [0.2, 0.25) is 0 Å². The summed E-state index contributed by atoms with van der Waals surface area (Å²) in [6.07, 6.45) is -3.09. The molecular weight excluding hydrogens is 293 g/mol. The van der Waals surface area contributed by atoms with E-state index in [4.69, 9.17) is 11.6 Å². The van der Waals surface area contributed by atoms with Crippen molar-refractivity contribution in [1.29, 1.82) is 0 Å². The second-order valence-corrected chi connectivity index (χ2v) is 4.09. The maximum Gasteiger partial charge on any atom is 0.146 e. The molecule has 0 aliphatic heterocycles. The summed E-state index contributed by atoms with van der Waals surface area (Å²) in [7, 11) is 0. The molecule has 2 unspecified atom stereocenters. The number of rotatable bonds is 3. The molecule has 0 amide bonds. The summed E-state index contributed by atoms with van der Waals surface area (Å²) in [5.41, 5.74) is -0.586. The normalized spacial score (nSPS) is 15.1. The van der Waals surface area contributed by atoms with Gasteiger partial charge in [-0.2, -0.15) is 0 Å². The fourth-order valence-electron chi connectivity index (χ4n) is 1.09. The van der Waals surface area contributed by atoms with Crippen molar-refractivity contribution < 1.29 is 19.0 Å². The molecule has 15 heavy (non-hydrogen) atoms. The van der Waals surface area contributed by atoms with E-state index < -0.39 is 29.4 Å². The highest BCUT2D eigenvalue weighted by Gasteiger charge is 2.25. The van der Waals surface area contributed by atoms with E-state index in [-0.39, 0.29) is 10.4 Å². The summed E-state index contributed by atoms with van der Waals surface area (Å²) in [5.74, 6) is -2.17. The van der Waals surface area contributed by atoms with Crippen molar-refractivity contribution >= 4 is 27.5 Å². The summed E-state index contributed by atoms with van der Waals surface area (Å²) in [5, 5.41) is 18.6. The molecule has 0 fully saturated rings. The molecule has 0 heterocycles. The van der Waals surface area contributed by atoms with Gasteiger partial charge < -0.3 is 10.2 Å². The Hall–Kier alpha value is -0.230. The van der Waals surface area contributed by atoms with Crippen molar-refractivity contribution in [2.75, 3.05) is 5.88 Å². The van der Waals surface area contributed by atoms with Crippen molar-refractivity contribution in [3.8, 4) is 0 Å². The Morgan fingerprint density at radius 2 is 1.93 bits per heavy atom. The smallest absolute Gasteiger partial charge is 0.146 e. The Morgan fingerprint density at radius 1 is 1.33 bits per heavy atom. The minimum absolute atomic E-state index is 0.0136. The van der Waals surface area contributed by atoms with Crippen molar-refractivity contribution in [2.45, 2.75) is 12.2 Å². The predicted octanol–water partition coefficient (Wildman–Crippen LogP) is 2.36. The van der Waals surface area contributed by atoms with Gasteiger partial charge in [-0.05, 0) is 28.1 Å². The molecular formula is C9H8BrClF2O2. The highest BCUT2D eigenvalue weighted by Crippen LogP contribution is 2.28. The molecule has 0 aromatic heterocycles. The maximum atomic E-state index is 13.4. The van der Waals surface area contributed by atoms with E-state index in [0.717, 1.165) is 6.07 Å². The summed E-state index contributed by atoms with van der Waals surface area (Å²) in [6.45, 7) is 0. The second-order valence-electron chi connectivity index (χ2n) is 2.92. The summed E-state index contributed by atoms with van der Waals surface area (Å²) < 4.78 is 26.6. The Kier molecular flexibility index (Phi) is 4.45. The van der Waals surface area contributed by atoms with Gasteiger partial charge in [0, 0.05) is 0 Å². The largest absolute Gasteiger partial charge is 0.389 e. The van der Waals surface area contributed by atoms with E-state index in [2.05, 4.69) is 15.9 Å². The van der Waals surface area contributed by atoms with Crippen LogP contribution in [0.15, 0.2) is 16.6 Å². The first-order valence-electron chi connectivity index (χ1n) is 4.04. The summed E-state index contributed by atoms with van der Waals surface area (Å²) in [6, 6.07) is 2.17. The molecule has 2 atom stereocenters. The zero-order chi connectivity index (χ0) is 11.6. The molecule has 0 spiro atoms. The minimum atomic E-state index is -1.68. The third kappa shape index (κ3) is 2.66. The lowest BCUT2D eigenvalue weighted by Gasteiger charge is -2.17. The van der Waals surface area contributed by atoms with Gasteiger partial charge in [-0.15, -0.1) is 11.6 Å². The molecule has 1 aromatic rings. The van der Waals surface area contributed by atoms with Crippen LogP contribution >= 0.6 is 27.5 Å². The minimum Gasteiger partial charge on any atom is -0.389 e. The van der Waals surface area contributed by atoms with Gasteiger partial charge >= 0.3 is 0 Å². The van der Waals surface area contributed by atoms with Crippen LogP contribution in [0.4, 0.5) is 8.78 Å². The fraction of sp³-hybridized carbons (Fsp3) is 0.333. The van der Waals surface area contributed by atoms with Crippen LogP contribution in [0.1, 0.15) is 11.7 Å². The van der Waals surface area contributed by atoms with Crippen LogP contribution < -0.4 is 0 Å². The molecule has 1 aromatic carbocycles. The molecule has 0 radical (unpaired) electrons. The number of alkyl halides is 1. The van der Waals surface area contributed by atoms with E-state index in [0.29, 0.717) is 0 Å². The highest BCUT2D eigenvalue weighted by atomic mass is 79.9. The standard InChI is InChI=1S/C9H8BrClF2O2/c10-4-1-2-5(12)7(8(4)13)9(15)6(14)3-11/h1-2,6,9,14-15H,3H2. The van der Waals surface area contributed by atoms with E-state index in [1.54, 1.807) is 0 Å². The van der Waals surface area contributed by atoms with Crippen molar-refractivity contribution in [2.24, 2.45) is 0 Å². The molecule has 2 nitrogen and oxygen atoms in total. The van der Waals surface area contributed by atoms with E-state index >= 15 is 0 Å². The lowest BCUT2D eigenvalue weighted by atomic mass is 10.0. The van der Waals surface area contributed by atoms with Crippen LogP contribution in [0.3, 0.4) is 0 Å². The van der Waals surface area contributed by atoms with E-state index in [9.17, 15) is 19.0 Å². The van der Waals surface area contributed by atoms with Gasteiger partial charge in [0.2, 0.25) is 0 Å². The molecule has 84 valence electrons. The number of hydrogen-bond acceptors (Lipinski definition) is 2. The Bertz CT molecular complexity index is 362. The Balaban J connectivity index is 3.18. The first kappa shape index (κ1) is 12.8. The monoisotopic (exact) mass is 300 g/mol. The molecule has 6 heteroatoms. The Labute approximate surface area is 98.6 Å². The third-order valence-corrected chi connectivity index (χ3v) is 2.83. The van der Waals surface area contributed by atoms with Gasteiger partial charge in [-0.3, -0.25) is 0 Å². The van der Waals surface area contributed by atoms with Crippen LogP contribution in [0.5, 0.6) is 0 Å². The van der Waals surface area contributed by atoms with Crippen molar-refractivity contribution in [1.82, 2.24) is 0 Å². The number of hydrogen-bond donors (Lipinski definition) is 2. The van der Waals surface area contributed by atoms with Gasteiger partial charge in [0.1, 0.15) is 17.7 Å². The first-order valence-corrected chi connectivity index (χ1v) is 5.37. The number of benzene rings is 1. The Morgan fingerprint density at radius 3 is 2.47 bits per heavy atom. The predicted molar refractivity (Wildman–Crippen MR) is 55.7 cm³/mol. The average Bonchev–Trinajstić information content (AvgIpc) is 2.22. The van der Waals surface area contributed by atoms with Crippen molar-refractivity contribution in [3.63, 3.8) is 0 Å². The number of halogens is 4. The topological polar surface area (TPSA) is 40.5 Å². The maximum absolute atomic E-state index is 13.4. The zero-order valence-corrected chi connectivity index (χ0v) is 9.76. The van der Waals surface area contributed by atoms with Gasteiger partial charge in [0.15, 0.2) is 0 Å². The third-order valence-electron chi connectivity index (χ3n) is 1.90. The van der Waals surface area contributed by atoms with Gasteiger partial charge in [-0.25, -0.2) is 8.78 Å². The summed E-state index contributed by atoms with van der Waals surface area (Å²) in [4.78, 5) is 0. The quantitative estimate of drug-likeness (QED) is 0.665. The van der Waals surface area contributed by atoms with E-state index in [1.807, 2.05) is 0 Å². The summed E-state index contributed by atoms with van der Waals surface area (Å²) >= 11 is 8.13. The first-order chi connectivity index (χ1) is 6.99. The molecule has 0 bridgehead atoms. The van der Waals surface area contributed by atoms with Gasteiger partial charge in [0.05, 0.1) is 22.0 Å². The van der Waals surface area contributed by atoms with Gasteiger partial charge in [0.25, 0.3) is 0 Å². The lowest BCUT2D eigenvalue weighted by Crippen LogP contribution is -2.22. The van der Waals surface area contributed by atoms with Crippen LogP contribution in [0.25, 0.3) is 0 Å². The lowest BCUT2D eigenvalue weighted by molar-refractivity contribution is 0.0279. The van der Waals surface area contributed by atoms with E-state index in [1.165, 1.54) is 6.07 Å². The molecule has 0 saturated heterocycles. The number of aliphatic hydroxyl groups excluding tert-OH is 2.